The summed E-state index contributed by atoms with van der Waals surface area (Å²) in [7, 11) is 0. The molecular formula is C20H30N2O5. The van der Waals surface area contributed by atoms with Crippen LogP contribution in [0.5, 0.6) is 0 Å². The van der Waals surface area contributed by atoms with E-state index in [-0.39, 0.29) is 31.8 Å². The number of aliphatic hydroxyl groups is 2. The van der Waals surface area contributed by atoms with E-state index in [2.05, 4.69) is 0 Å². The van der Waals surface area contributed by atoms with Gasteiger partial charge in [0.1, 0.15) is 11.6 Å². The summed E-state index contributed by atoms with van der Waals surface area (Å²) in [6.45, 7) is 6.27. The monoisotopic (exact) mass is 378 g/mol. The molecule has 2 unspecified atom stereocenters. The molecule has 0 bridgehead atoms. The number of ketones is 1. The van der Waals surface area contributed by atoms with E-state index in [4.69, 9.17) is 9.84 Å². The molecule has 2 rings (SSSR count). The van der Waals surface area contributed by atoms with Crippen LogP contribution in [-0.2, 0) is 9.53 Å². The first-order valence-corrected chi connectivity index (χ1v) is 9.32. The molecule has 1 saturated heterocycles. The van der Waals surface area contributed by atoms with Gasteiger partial charge in [0.15, 0.2) is 5.78 Å². The lowest BCUT2D eigenvalue weighted by Crippen LogP contribution is -2.58. The highest BCUT2D eigenvalue weighted by Gasteiger charge is 2.35. The quantitative estimate of drug-likeness (QED) is 0.785. The number of benzene rings is 1. The van der Waals surface area contributed by atoms with Gasteiger partial charge in [-0.15, -0.1) is 0 Å². The number of para-hydroxylation sites is 1. The van der Waals surface area contributed by atoms with Crippen molar-refractivity contribution in [1.29, 1.82) is 0 Å². The number of anilines is 1. The first-order valence-electron chi connectivity index (χ1n) is 9.32. The van der Waals surface area contributed by atoms with Gasteiger partial charge in [-0.3, -0.25) is 4.79 Å². The maximum Gasteiger partial charge on any atom is 0.410 e. The van der Waals surface area contributed by atoms with Gasteiger partial charge in [-0.05, 0) is 39.3 Å². The van der Waals surface area contributed by atoms with Gasteiger partial charge in [0.2, 0.25) is 0 Å². The second kappa shape index (κ2) is 9.19. The fourth-order valence-electron chi connectivity index (χ4n) is 3.05. The Kier molecular flexibility index (Phi) is 7.21. The number of rotatable bonds is 6. The van der Waals surface area contributed by atoms with Crippen LogP contribution in [0.4, 0.5) is 10.5 Å². The van der Waals surface area contributed by atoms with Crippen molar-refractivity contribution >= 4 is 17.6 Å². The molecule has 1 heterocycles. The number of nitrogens with zero attached hydrogens (tertiary/aromatic N) is 2. The SMILES string of the molecule is CC(C)(C)OC(=O)N1CCN(c2ccccc2)C(C(=O)CCC(O)CO)C1. The van der Waals surface area contributed by atoms with Gasteiger partial charge in [-0.2, -0.15) is 0 Å². The molecule has 1 fully saturated rings. The molecule has 7 heteroatoms. The number of hydrogen-bond acceptors (Lipinski definition) is 6. The Bertz CT molecular complexity index is 629. The van der Waals surface area contributed by atoms with Crippen molar-refractivity contribution in [3.63, 3.8) is 0 Å². The van der Waals surface area contributed by atoms with Gasteiger partial charge in [0, 0.05) is 25.2 Å². The van der Waals surface area contributed by atoms with E-state index < -0.39 is 23.8 Å². The topological polar surface area (TPSA) is 90.3 Å². The fraction of sp³-hybridized carbons (Fsp3) is 0.600. The molecule has 0 saturated carbocycles. The Labute approximate surface area is 160 Å². The summed E-state index contributed by atoms with van der Waals surface area (Å²) in [4.78, 5) is 28.8. The molecule has 2 N–H and O–H groups in total. The molecule has 2 atom stereocenters. The second-order valence-corrected chi connectivity index (χ2v) is 7.81. The lowest BCUT2D eigenvalue weighted by atomic mass is 10.0. The average Bonchev–Trinajstić information content (AvgIpc) is 2.64. The van der Waals surface area contributed by atoms with Crippen molar-refractivity contribution in [2.24, 2.45) is 0 Å². The fourth-order valence-corrected chi connectivity index (χ4v) is 3.05. The molecule has 0 spiro atoms. The summed E-state index contributed by atoms with van der Waals surface area (Å²) in [6.07, 6.45) is -1.01. The molecule has 0 radical (unpaired) electrons. The van der Waals surface area contributed by atoms with Crippen LogP contribution in [0.3, 0.4) is 0 Å². The predicted octanol–water partition coefficient (Wildman–Crippen LogP) is 1.81. The molecule has 0 aliphatic carbocycles. The number of ether oxygens (including phenoxy) is 1. The number of Topliss-reactive ketones (excluding diaryl/α,β-unsaturated/α-hetero) is 1. The first kappa shape index (κ1) is 21.2. The zero-order valence-electron chi connectivity index (χ0n) is 16.3. The van der Waals surface area contributed by atoms with Gasteiger partial charge < -0.3 is 24.7 Å². The highest BCUT2D eigenvalue weighted by molar-refractivity contribution is 5.88. The number of carbonyl (C=O) groups excluding carboxylic acids is 2. The first-order chi connectivity index (χ1) is 12.7. The van der Waals surface area contributed by atoms with Gasteiger partial charge >= 0.3 is 6.09 Å². The summed E-state index contributed by atoms with van der Waals surface area (Å²) in [5, 5.41) is 18.5. The number of hydrogen-bond donors (Lipinski definition) is 2. The van der Waals surface area contributed by atoms with Gasteiger partial charge in [-0.1, -0.05) is 18.2 Å². The molecule has 1 aliphatic heterocycles. The van der Waals surface area contributed by atoms with Crippen LogP contribution in [0.25, 0.3) is 0 Å². The van der Waals surface area contributed by atoms with E-state index >= 15 is 0 Å². The Balaban J connectivity index is 2.14. The highest BCUT2D eigenvalue weighted by atomic mass is 16.6. The van der Waals surface area contributed by atoms with Crippen LogP contribution < -0.4 is 4.90 Å². The Hall–Kier alpha value is -2.12. The van der Waals surface area contributed by atoms with Crippen molar-refractivity contribution in [2.75, 3.05) is 31.1 Å². The number of amides is 1. The van der Waals surface area contributed by atoms with E-state index in [1.54, 1.807) is 4.90 Å². The van der Waals surface area contributed by atoms with Crippen LogP contribution >= 0.6 is 0 Å². The minimum absolute atomic E-state index is 0.0698. The smallest absolute Gasteiger partial charge is 0.410 e. The maximum absolute atomic E-state index is 12.8. The normalized spacial score (nSPS) is 18.9. The van der Waals surface area contributed by atoms with Crippen molar-refractivity contribution in [1.82, 2.24) is 4.90 Å². The Morgan fingerprint density at radius 3 is 2.48 bits per heavy atom. The minimum Gasteiger partial charge on any atom is -0.444 e. The summed E-state index contributed by atoms with van der Waals surface area (Å²) in [5.41, 5.74) is 0.320. The zero-order chi connectivity index (χ0) is 20.0. The van der Waals surface area contributed by atoms with Crippen LogP contribution in [0.15, 0.2) is 30.3 Å². The largest absolute Gasteiger partial charge is 0.444 e. The molecule has 7 nitrogen and oxygen atoms in total. The molecule has 0 aromatic heterocycles. The zero-order valence-corrected chi connectivity index (χ0v) is 16.3. The van der Waals surface area contributed by atoms with Crippen LogP contribution in [-0.4, -0.2) is 71.0 Å². The third-order valence-electron chi connectivity index (χ3n) is 4.43. The van der Waals surface area contributed by atoms with Gasteiger partial charge in [-0.25, -0.2) is 4.79 Å². The van der Waals surface area contributed by atoms with E-state index in [1.165, 1.54) is 0 Å². The van der Waals surface area contributed by atoms with Gasteiger partial charge in [0.05, 0.1) is 19.3 Å². The number of piperazine rings is 1. The second-order valence-electron chi connectivity index (χ2n) is 7.81. The van der Waals surface area contributed by atoms with E-state index in [0.29, 0.717) is 13.1 Å². The van der Waals surface area contributed by atoms with Crippen molar-refractivity contribution in [2.45, 2.75) is 51.4 Å². The van der Waals surface area contributed by atoms with Crippen LogP contribution in [0.2, 0.25) is 0 Å². The summed E-state index contributed by atoms with van der Waals surface area (Å²) >= 11 is 0. The molecule has 1 aliphatic rings. The Morgan fingerprint density at radius 2 is 1.89 bits per heavy atom. The number of aliphatic hydroxyl groups excluding tert-OH is 2. The van der Waals surface area contributed by atoms with Crippen molar-refractivity contribution in [3.05, 3.63) is 30.3 Å². The predicted molar refractivity (Wildman–Crippen MR) is 103 cm³/mol. The highest BCUT2D eigenvalue weighted by Crippen LogP contribution is 2.23. The molecule has 1 aromatic carbocycles. The van der Waals surface area contributed by atoms with E-state index in [0.717, 1.165) is 5.69 Å². The summed E-state index contributed by atoms with van der Waals surface area (Å²) in [6, 6.07) is 9.09. The van der Waals surface area contributed by atoms with Crippen LogP contribution in [0, 0.1) is 0 Å². The third-order valence-corrected chi connectivity index (χ3v) is 4.43. The lowest BCUT2D eigenvalue weighted by molar-refractivity contribution is -0.121. The standard InChI is InChI=1S/C20H30N2O5/c1-20(2,3)27-19(26)21-11-12-22(15-7-5-4-6-8-15)17(13-21)18(25)10-9-16(24)14-23/h4-8,16-17,23-24H,9-14H2,1-3H3. The lowest BCUT2D eigenvalue weighted by Gasteiger charge is -2.42. The Morgan fingerprint density at radius 1 is 1.22 bits per heavy atom. The summed E-state index contributed by atoms with van der Waals surface area (Å²) < 4.78 is 5.45. The molecule has 150 valence electrons. The molecule has 1 aromatic rings. The molecule has 1 amide bonds. The average molecular weight is 378 g/mol. The van der Waals surface area contributed by atoms with Crippen molar-refractivity contribution < 1.29 is 24.5 Å². The maximum atomic E-state index is 12.8. The molecular weight excluding hydrogens is 348 g/mol. The number of carbonyl (C=O) groups is 2. The van der Waals surface area contributed by atoms with Crippen molar-refractivity contribution in [3.8, 4) is 0 Å². The minimum atomic E-state index is -0.912. The van der Waals surface area contributed by atoms with E-state index in [1.807, 2.05) is 56.0 Å². The van der Waals surface area contributed by atoms with Crippen LogP contribution in [0.1, 0.15) is 33.6 Å². The summed E-state index contributed by atoms with van der Waals surface area (Å²) in [5.74, 6) is -0.0698. The van der Waals surface area contributed by atoms with E-state index in [9.17, 15) is 14.7 Å². The molecule has 27 heavy (non-hydrogen) atoms. The van der Waals surface area contributed by atoms with Gasteiger partial charge in [0.25, 0.3) is 0 Å². The third kappa shape index (κ3) is 6.22.